The number of carbonyl (C=O) groups excluding carboxylic acids is 2. The molecule has 0 spiro atoms. The molecule has 0 heterocycles. The number of amides is 2. The number of nitrogens with one attached hydrogen (secondary N) is 2. The average molecular weight is 385 g/mol. The minimum Gasteiger partial charge on any atom is -0.330 e. The van der Waals surface area contributed by atoms with E-state index in [1.807, 2.05) is 0 Å². The molecule has 0 rings (SSSR count). The van der Waals surface area contributed by atoms with Crippen LogP contribution in [0.15, 0.2) is 0 Å². The fourth-order valence-electron chi connectivity index (χ4n) is 0.610. The summed E-state index contributed by atoms with van der Waals surface area (Å²) in [5.41, 5.74) is 0. The van der Waals surface area contributed by atoms with Crippen molar-refractivity contribution in [3.8, 4) is 0 Å². The Labute approximate surface area is 132 Å². The number of hydrogen-bond acceptors (Lipinski definition) is 2. The maximum absolute atomic E-state index is 11.2. The van der Waals surface area contributed by atoms with Crippen LogP contribution in [0.25, 0.3) is 0 Å². The number of hydrogen-bond donors (Lipinski definition) is 2. The van der Waals surface area contributed by atoms with Crippen LogP contribution in [0.1, 0.15) is 0 Å². The zero-order valence-corrected chi connectivity index (χ0v) is 13.0. The molecule has 2 amide bonds. The minimum absolute atomic E-state index is 0.856. The molecule has 2 N–H and O–H groups in total. The highest BCUT2D eigenvalue weighted by atomic mass is 35.6. The van der Waals surface area contributed by atoms with Crippen LogP contribution in [0.4, 0.5) is 0 Å². The third kappa shape index (κ3) is 7.21. The lowest BCUT2D eigenvalue weighted by molar-refractivity contribution is -0.122. The Balaban J connectivity index is 4.68. The van der Waals surface area contributed by atoms with Gasteiger partial charge in [-0.2, -0.15) is 0 Å². The first kappa shape index (κ1) is 18.0. The van der Waals surface area contributed by atoms with Crippen LogP contribution in [0, 0.1) is 0 Å². The van der Waals surface area contributed by atoms with Crippen molar-refractivity contribution in [2.24, 2.45) is 0 Å². The number of halogens is 7. The molecule has 0 saturated carbocycles. The summed E-state index contributed by atoms with van der Waals surface area (Å²) in [6, 6.07) is 0. The zero-order valence-electron chi connectivity index (χ0n) is 7.69. The fraction of sp³-hybridized carbons (Fsp3) is 0.667. The Kier molecular flexibility index (Phi) is 7.96. The second kappa shape index (κ2) is 7.53. The van der Waals surface area contributed by atoms with E-state index in [-0.39, 0.29) is 0 Å². The molecular weight excluding hydrogens is 380 g/mol. The van der Waals surface area contributed by atoms with Crippen LogP contribution < -0.4 is 10.6 Å². The van der Waals surface area contributed by atoms with Crippen LogP contribution in [0.2, 0.25) is 0 Å². The topological polar surface area (TPSA) is 58.2 Å². The Hall–Kier alpha value is 0.970. The molecule has 11 heteroatoms. The fourth-order valence-corrected chi connectivity index (χ4v) is 1.19. The summed E-state index contributed by atoms with van der Waals surface area (Å²) in [5.74, 6) is -1.71. The molecule has 0 fully saturated rings. The lowest BCUT2D eigenvalue weighted by Crippen LogP contribution is -2.57. The van der Waals surface area contributed by atoms with Gasteiger partial charge in [-0.1, -0.05) is 81.2 Å². The van der Waals surface area contributed by atoms with Crippen molar-refractivity contribution >= 4 is 93.0 Å². The maximum atomic E-state index is 11.2. The molecule has 4 nitrogen and oxygen atoms in total. The van der Waals surface area contributed by atoms with E-state index in [9.17, 15) is 9.59 Å². The van der Waals surface area contributed by atoms with Crippen molar-refractivity contribution in [3.05, 3.63) is 0 Å². The summed E-state index contributed by atoms with van der Waals surface area (Å²) in [5, 5.41) is 4.19. The van der Waals surface area contributed by atoms with E-state index >= 15 is 0 Å². The van der Waals surface area contributed by atoms with Gasteiger partial charge in [0.25, 0.3) is 11.8 Å². The molecule has 100 valence electrons. The van der Waals surface area contributed by atoms with Crippen LogP contribution in [0.3, 0.4) is 0 Å². The van der Waals surface area contributed by atoms with Gasteiger partial charge in [-0.25, -0.2) is 0 Å². The standard InChI is InChI=1S/C6H5Cl7N2O2/c7-1(8)3(16)14-5(6(11,12)13)15-4(17)2(9)10/h1-2,5H,(H,14,16)(H,15,17). The molecule has 0 unspecified atom stereocenters. The number of rotatable bonds is 4. The van der Waals surface area contributed by atoms with E-state index in [1.165, 1.54) is 0 Å². The van der Waals surface area contributed by atoms with Crippen molar-refractivity contribution in [2.45, 2.75) is 19.6 Å². The van der Waals surface area contributed by atoms with Gasteiger partial charge in [-0.05, 0) is 0 Å². The summed E-state index contributed by atoms with van der Waals surface area (Å²) < 4.78 is -2.03. The molecule has 0 saturated heterocycles. The maximum Gasteiger partial charge on any atom is 0.255 e. The average Bonchev–Trinajstić information content (AvgIpc) is 2.14. The molecule has 0 aromatic heterocycles. The molecule has 0 aromatic rings. The Bertz CT molecular complexity index is 269. The van der Waals surface area contributed by atoms with Gasteiger partial charge in [0.05, 0.1) is 0 Å². The van der Waals surface area contributed by atoms with Gasteiger partial charge in [0.15, 0.2) is 9.67 Å². The van der Waals surface area contributed by atoms with Gasteiger partial charge >= 0.3 is 0 Å². The van der Waals surface area contributed by atoms with Gasteiger partial charge in [0.2, 0.25) is 3.79 Å². The van der Waals surface area contributed by atoms with Gasteiger partial charge in [-0.3, -0.25) is 9.59 Å². The summed E-state index contributed by atoms with van der Waals surface area (Å²) >= 11 is 37.7. The van der Waals surface area contributed by atoms with Crippen LogP contribution >= 0.6 is 81.2 Å². The summed E-state index contributed by atoms with van der Waals surface area (Å²) in [4.78, 5) is 19.6. The normalized spacial score (nSPS) is 12.1. The molecular formula is C6H5Cl7N2O2. The molecule has 0 atom stereocenters. The van der Waals surface area contributed by atoms with Crippen molar-refractivity contribution in [1.29, 1.82) is 0 Å². The smallest absolute Gasteiger partial charge is 0.255 e. The van der Waals surface area contributed by atoms with E-state index in [2.05, 4.69) is 10.6 Å². The largest absolute Gasteiger partial charge is 0.330 e. The molecule has 0 aromatic carbocycles. The summed E-state index contributed by atoms with van der Waals surface area (Å²) in [6.45, 7) is 0. The van der Waals surface area contributed by atoms with Gasteiger partial charge in [0, 0.05) is 0 Å². The SMILES string of the molecule is O=C(NC(NC(=O)C(Cl)Cl)C(Cl)(Cl)Cl)C(Cl)Cl. The van der Waals surface area contributed by atoms with Crippen molar-refractivity contribution in [3.63, 3.8) is 0 Å². The molecule has 0 aliphatic heterocycles. The highest BCUT2D eigenvalue weighted by molar-refractivity contribution is 6.68. The van der Waals surface area contributed by atoms with Crippen molar-refractivity contribution < 1.29 is 9.59 Å². The molecule has 0 aliphatic rings. The first-order chi connectivity index (χ1) is 7.55. The van der Waals surface area contributed by atoms with Crippen molar-refractivity contribution in [2.75, 3.05) is 0 Å². The van der Waals surface area contributed by atoms with Crippen molar-refractivity contribution in [1.82, 2.24) is 10.6 Å². The number of carbonyl (C=O) groups is 2. The monoisotopic (exact) mass is 382 g/mol. The van der Waals surface area contributed by atoms with E-state index in [0.717, 1.165) is 0 Å². The zero-order chi connectivity index (χ0) is 13.8. The van der Waals surface area contributed by atoms with E-state index < -0.39 is 31.4 Å². The first-order valence-corrected chi connectivity index (χ1v) is 6.67. The molecule has 0 aliphatic carbocycles. The lowest BCUT2D eigenvalue weighted by atomic mass is 10.5. The third-order valence-electron chi connectivity index (χ3n) is 1.30. The van der Waals surface area contributed by atoms with E-state index in [1.54, 1.807) is 0 Å². The van der Waals surface area contributed by atoms with E-state index in [0.29, 0.717) is 0 Å². The van der Waals surface area contributed by atoms with Gasteiger partial charge in [0.1, 0.15) is 6.17 Å². The Morgan fingerprint density at radius 1 is 0.824 bits per heavy atom. The predicted octanol–water partition coefficient (Wildman–Crippen LogP) is 2.52. The minimum atomic E-state index is -2.03. The lowest BCUT2D eigenvalue weighted by Gasteiger charge is -2.26. The van der Waals surface area contributed by atoms with E-state index in [4.69, 9.17) is 81.2 Å². The second-order valence-electron chi connectivity index (χ2n) is 2.59. The van der Waals surface area contributed by atoms with Gasteiger partial charge in [-0.15, -0.1) is 0 Å². The molecule has 0 bridgehead atoms. The van der Waals surface area contributed by atoms with Crippen LogP contribution in [-0.2, 0) is 9.59 Å². The first-order valence-electron chi connectivity index (χ1n) is 3.79. The number of alkyl halides is 7. The Morgan fingerprint density at radius 3 is 1.29 bits per heavy atom. The van der Waals surface area contributed by atoms with Gasteiger partial charge < -0.3 is 10.6 Å². The molecule has 17 heavy (non-hydrogen) atoms. The third-order valence-corrected chi connectivity index (χ3v) is 2.74. The summed E-state index contributed by atoms with van der Waals surface area (Å²) in [6.07, 6.45) is -1.38. The van der Waals surface area contributed by atoms with Crippen LogP contribution in [0.5, 0.6) is 0 Å². The highest BCUT2D eigenvalue weighted by Gasteiger charge is 2.36. The molecule has 0 radical (unpaired) electrons. The Morgan fingerprint density at radius 2 is 1.12 bits per heavy atom. The highest BCUT2D eigenvalue weighted by Crippen LogP contribution is 2.29. The second-order valence-corrected chi connectivity index (χ2v) is 7.15. The predicted molar refractivity (Wildman–Crippen MR) is 71.4 cm³/mol. The quantitative estimate of drug-likeness (QED) is 0.577. The van der Waals surface area contributed by atoms with Crippen LogP contribution in [-0.4, -0.2) is 31.4 Å². The summed E-state index contributed by atoms with van der Waals surface area (Å²) in [7, 11) is 0.